The van der Waals surface area contributed by atoms with Crippen LogP contribution in [-0.2, 0) is 4.74 Å². The van der Waals surface area contributed by atoms with Crippen LogP contribution in [0.5, 0.6) is 0 Å². The largest absolute Gasteiger partial charge is 0.379 e. The molecule has 1 unspecified atom stereocenters. The van der Waals surface area contributed by atoms with Crippen molar-refractivity contribution >= 4 is 0 Å². The Kier molecular flexibility index (Phi) is 6.36. The van der Waals surface area contributed by atoms with Crippen molar-refractivity contribution < 1.29 is 9.13 Å². The van der Waals surface area contributed by atoms with E-state index in [1.807, 2.05) is 0 Å². The molecule has 1 aliphatic heterocycles. The molecule has 1 aromatic rings. The average Bonchev–Trinajstić information content (AvgIpc) is 2.50. The van der Waals surface area contributed by atoms with Gasteiger partial charge in [-0.15, -0.1) is 0 Å². The summed E-state index contributed by atoms with van der Waals surface area (Å²) in [5.41, 5.74) is 0.917. The molecule has 1 aromatic heterocycles. The fraction of sp³-hybridized carbons (Fsp3) is 0.667. The van der Waals surface area contributed by atoms with Gasteiger partial charge in [-0.25, -0.2) is 4.39 Å². The van der Waals surface area contributed by atoms with Crippen molar-refractivity contribution in [3.8, 4) is 0 Å². The smallest absolute Gasteiger partial charge is 0.141 e. The van der Waals surface area contributed by atoms with E-state index in [1.54, 1.807) is 6.07 Å². The first-order valence-electron chi connectivity index (χ1n) is 7.44. The number of pyridine rings is 1. The molecule has 0 aliphatic carbocycles. The molecule has 1 fully saturated rings. The zero-order chi connectivity index (χ0) is 14.2. The molecule has 1 aliphatic rings. The SMILES string of the molecule is CCC(NCCCN1CCOCC1)c1ccc(F)cn1. The number of halogens is 1. The second kappa shape index (κ2) is 8.29. The van der Waals surface area contributed by atoms with E-state index in [9.17, 15) is 4.39 Å². The third kappa shape index (κ3) is 4.81. The second-order valence-corrected chi connectivity index (χ2v) is 5.12. The maximum Gasteiger partial charge on any atom is 0.141 e. The summed E-state index contributed by atoms with van der Waals surface area (Å²) in [6.45, 7) is 7.95. The van der Waals surface area contributed by atoms with Crippen LogP contribution >= 0.6 is 0 Å². The molecule has 2 rings (SSSR count). The third-order valence-electron chi connectivity index (χ3n) is 3.66. The highest BCUT2D eigenvalue weighted by Crippen LogP contribution is 2.14. The van der Waals surface area contributed by atoms with Crippen molar-refractivity contribution in [1.82, 2.24) is 15.2 Å². The fourth-order valence-corrected chi connectivity index (χ4v) is 2.46. The lowest BCUT2D eigenvalue weighted by atomic mass is 10.1. The lowest BCUT2D eigenvalue weighted by Crippen LogP contribution is -2.38. The van der Waals surface area contributed by atoms with Crippen LogP contribution in [0.1, 0.15) is 31.5 Å². The van der Waals surface area contributed by atoms with Gasteiger partial charge in [0.15, 0.2) is 0 Å². The van der Waals surface area contributed by atoms with Gasteiger partial charge in [0.05, 0.1) is 25.1 Å². The van der Waals surface area contributed by atoms with Gasteiger partial charge in [-0.3, -0.25) is 9.88 Å². The van der Waals surface area contributed by atoms with E-state index in [-0.39, 0.29) is 11.9 Å². The van der Waals surface area contributed by atoms with E-state index in [4.69, 9.17) is 4.74 Å². The highest BCUT2D eigenvalue weighted by atomic mass is 19.1. The first-order valence-corrected chi connectivity index (χ1v) is 7.44. The number of morpholine rings is 1. The molecule has 112 valence electrons. The standard InChI is InChI=1S/C15H24FN3O/c1-2-14(15-5-4-13(16)12-18-15)17-6-3-7-19-8-10-20-11-9-19/h4-5,12,14,17H,2-3,6-11H2,1H3. The van der Waals surface area contributed by atoms with Crippen LogP contribution in [0.15, 0.2) is 18.3 Å². The first kappa shape index (κ1) is 15.4. The van der Waals surface area contributed by atoms with Crippen LogP contribution in [-0.4, -0.2) is 49.3 Å². The van der Waals surface area contributed by atoms with Crippen molar-refractivity contribution in [1.29, 1.82) is 0 Å². The molecule has 0 spiro atoms. The van der Waals surface area contributed by atoms with Crippen LogP contribution in [0.25, 0.3) is 0 Å². The van der Waals surface area contributed by atoms with E-state index < -0.39 is 0 Å². The van der Waals surface area contributed by atoms with E-state index in [0.717, 1.165) is 57.9 Å². The summed E-state index contributed by atoms with van der Waals surface area (Å²) in [4.78, 5) is 6.59. The number of nitrogens with one attached hydrogen (secondary N) is 1. The summed E-state index contributed by atoms with van der Waals surface area (Å²) in [5.74, 6) is -0.282. The molecule has 4 nitrogen and oxygen atoms in total. The van der Waals surface area contributed by atoms with Gasteiger partial charge >= 0.3 is 0 Å². The average molecular weight is 281 g/mol. The molecule has 5 heteroatoms. The second-order valence-electron chi connectivity index (χ2n) is 5.12. The van der Waals surface area contributed by atoms with Crippen LogP contribution in [0.2, 0.25) is 0 Å². The predicted molar refractivity (Wildman–Crippen MR) is 77.1 cm³/mol. The quantitative estimate of drug-likeness (QED) is 0.776. The Bertz CT molecular complexity index is 379. The molecule has 0 saturated carbocycles. The Morgan fingerprint density at radius 2 is 2.20 bits per heavy atom. The Morgan fingerprint density at radius 1 is 1.40 bits per heavy atom. The van der Waals surface area contributed by atoms with Crippen molar-refractivity contribution in [2.45, 2.75) is 25.8 Å². The van der Waals surface area contributed by atoms with Crippen LogP contribution in [0, 0.1) is 5.82 Å². The van der Waals surface area contributed by atoms with E-state index in [1.165, 1.54) is 12.3 Å². The maximum atomic E-state index is 12.9. The summed E-state index contributed by atoms with van der Waals surface area (Å²) < 4.78 is 18.2. The van der Waals surface area contributed by atoms with Gasteiger partial charge in [0.2, 0.25) is 0 Å². The highest BCUT2D eigenvalue weighted by molar-refractivity contribution is 5.09. The minimum atomic E-state index is -0.282. The Balaban J connectivity index is 1.69. The number of hydrogen-bond donors (Lipinski definition) is 1. The number of ether oxygens (including phenoxy) is 1. The first-order chi connectivity index (χ1) is 9.79. The van der Waals surface area contributed by atoms with Crippen LogP contribution < -0.4 is 5.32 Å². The molecular weight excluding hydrogens is 257 g/mol. The molecular formula is C15H24FN3O. The third-order valence-corrected chi connectivity index (χ3v) is 3.66. The van der Waals surface area contributed by atoms with Gasteiger partial charge < -0.3 is 10.1 Å². The number of rotatable bonds is 7. The van der Waals surface area contributed by atoms with E-state index in [2.05, 4.69) is 22.1 Å². The molecule has 0 aromatic carbocycles. The molecule has 0 radical (unpaired) electrons. The fourth-order valence-electron chi connectivity index (χ4n) is 2.46. The summed E-state index contributed by atoms with van der Waals surface area (Å²) in [6, 6.07) is 3.44. The van der Waals surface area contributed by atoms with E-state index in [0.29, 0.717) is 0 Å². The van der Waals surface area contributed by atoms with Gasteiger partial charge in [0.25, 0.3) is 0 Å². The lowest BCUT2D eigenvalue weighted by Gasteiger charge is -2.26. The zero-order valence-electron chi connectivity index (χ0n) is 12.1. The Morgan fingerprint density at radius 3 is 2.85 bits per heavy atom. The molecule has 1 saturated heterocycles. The highest BCUT2D eigenvalue weighted by Gasteiger charge is 2.12. The van der Waals surface area contributed by atoms with Gasteiger partial charge in [0.1, 0.15) is 5.82 Å². The molecule has 1 N–H and O–H groups in total. The summed E-state index contributed by atoms with van der Waals surface area (Å²) >= 11 is 0. The summed E-state index contributed by atoms with van der Waals surface area (Å²) in [7, 11) is 0. The van der Waals surface area contributed by atoms with Crippen molar-refractivity contribution in [3.05, 3.63) is 29.8 Å². The van der Waals surface area contributed by atoms with Crippen molar-refractivity contribution in [2.75, 3.05) is 39.4 Å². The van der Waals surface area contributed by atoms with E-state index >= 15 is 0 Å². The summed E-state index contributed by atoms with van der Waals surface area (Å²) in [5, 5.41) is 3.50. The number of hydrogen-bond acceptors (Lipinski definition) is 4. The van der Waals surface area contributed by atoms with Crippen molar-refractivity contribution in [3.63, 3.8) is 0 Å². The van der Waals surface area contributed by atoms with Gasteiger partial charge in [-0.05, 0) is 38.1 Å². The predicted octanol–water partition coefficient (Wildman–Crippen LogP) is 1.98. The Hall–Kier alpha value is -1.04. The monoisotopic (exact) mass is 281 g/mol. The summed E-state index contributed by atoms with van der Waals surface area (Å²) in [6.07, 6.45) is 3.35. The number of aromatic nitrogens is 1. The Labute approximate surface area is 120 Å². The molecule has 2 heterocycles. The van der Waals surface area contributed by atoms with Crippen molar-refractivity contribution in [2.24, 2.45) is 0 Å². The maximum absolute atomic E-state index is 12.9. The zero-order valence-corrected chi connectivity index (χ0v) is 12.1. The lowest BCUT2D eigenvalue weighted by molar-refractivity contribution is 0.0374. The molecule has 1 atom stereocenters. The van der Waals surface area contributed by atoms with Gasteiger partial charge in [-0.2, -0.15) is 0 Å². The van der Waals surface area contributed by atoms with Crippen LogP contribution in [0.4, 0.5) is 4.39 Å². The minimum Gasteiger partial charge on any atom is -0.379 e. The van der Waals surface area contributed by atoms with Gasteiger partial charge in [0, 0.05) is 19.1 Å². The molecule has 0 amide bonds. The van der Waals surface area contributed by atoms with Crippen LogP contribution in [0.3, 0.4) is 0 Å². The number of nitrogens with zero attached hydrogens (tertiary/aromatic N) is 2. The minimum absolute atomic E-state index is 0.209. The molecule has 20 heavy (non-hydrogen) atoms. The topological polar surface area (TPSA) is 37.4 Å². The van der Waals surface area contributed by atoms with Gasteiger partial charge in [-0.1, -0.05) is 6.92 Å². The normalized spacial score (nSPS) is 18.1. The molecule has 0 bridgehead atoms.